The molecular formula is C22H23N3O2. The summed E-state index contributed by atoms with van der Waals surface area (Å²) in [6, 6.07) is 11.3. The highest BCUT2D eigenvalue weighted by molar-refractivity contribution is 6.07. The number of amides is 2. The summed E-state index contributed by atoms with van der Waals surface area (Å²) in [4.78, 5) is 27.7. The average Bonchev–Trinajstić information content (AvgIpc) is 3.02. The Balaban J connectivity index is 1.63. The summed E-state index contributed by atoms with van der Waals surface area (Å²) in [5.41, 5.74) is 6.64. The van der Waals surface area contributed by atoms with Crippen LogP contribution in [0.2, 0.25) is 0 Å². The molecule has 0 radical (unpaired) electrons. The summed E-state index contributed by atoms with van der Waals surface area (Å²) in [5.74, 6) is -0.282. The summed E-state index contributed by atoms with van der Waals surface area (Å²) in [6.07, 6.45) is 4.57. The number of carbonyl (C=O) groups is 2. The van der Waals surface area contributed by atoms with Gasteiger partial charge in [-0.3, -0.25) is 9.59 Å². The minimum absolute atomic E-state index is 0.135. The number of aromatic nitrogens is 1. The third-order valence-electron chi connectivity index (χ3n) is 5.25. The molecule has 5 nitrogen and oxygen atoms in total. The first-order valence-corrected chi connectivity index (χ1v) is 9.35. The van der Waals surface area contributed by atoms with Crippen LogP contribution in [-0.2, 0) is 17.6 Å². The van der Waals surface area contributed by atoms with Gasteiger partial charge in [-0.15, -0.1) is 0 Å². The Morgan fingerprint density at radius 1 is 1.00 bits per heavy atom. The third kappa shape index (κ3) is 3.33. The van der Waals surface area contributed by atoms with Gasteiger partial charge < -0.3 is 15.6 Å². The lowest BCUT2D eigenvalue weighted by atomic mass is 9.95. The van der Waals surface area contributed by atoms with Crippen molar-refractivity contribution in [3.8, 4) is 0 Å². The molecule has 2 amide bonds. The van der Waals surface area contributed by atoms with E-state index in [1.165, 1.54) is 31.0 Å². The molecular weight excluding hydrogens is 338 g/mol. The normalized spacial score (nSPS) is 13.3. The quantitative estimate of drug-likeness (QED) is 0.639. The smallest absolute Gasteiger partial charge is 0.255 e. The summed E-state index contributed by atoms with van der Waals surface area (Å²) in [5, 5.41) is 6.92. The molecule has 0 saturated heterocycles. The van der Waals surface area contributed by atoms with Gasteiger partial charge in [-0.05, 0) is 74.1 Å². The van der Waals surface area contributed by atoms with E-state index in [0.717, 1.165) is 29.3 Å². The second-order valence-corrected chi connectivity index (χ2v) is 7.16. The SMILES string of the molecule is CC(=O)Nc1cccc(NC(=O)c2ccc3[nH]c4c(c3c2)CCCC4)c1C. The number of nitrogens with one attached hydrogen (secondary N) is 3. The van der Waals surface area contributed by atoms with Gasteiger partial charge in [0.15, 0.2) is 0 Å². The fraction of sp³-hybridized carbons (Fsp3) is 0.273. The van der Waals surface area contributed by atoms with Crippen molar-refractivity contribution in [3.05, 3.63) is 58.8 Å². The number of hydrogen-bond donors (Lipinski definition) is 3. The Bertz CT molecular complexity index is 1050. The van der Waals surface area contributed by atoms with E-state index in [1.54, 1.807) is 0 Å². The van der Waals surface area contributed by atoms with E-state index in [4.69, 9.17) is 0 Å². The Morgan fingerprint density at radius 2 is 1.74 bits per heavy atom. The Morgan fingerprint density at radius 3 is 2.52 bits per heavy atom. The van der Waals surface area contributed by atoms with Gasteiger partial charge in [-0.1, -0.05) is 6.07 Å². The molecule has 0 aliphatic heterocycles. The first-order chi connectivity index (χ1) is 13.0. The van der Waals surface area contributed by atoms with Gasteiger partial charge in [0.25, 0.3) is 5.91 Å². The highest BCUT2D eigenvalue weighted by Crippen LogP contribution is 2.30. The Kier molecular flexibility index (Phi) is 4.44. The van der Waals surface area contributed by atoms with Gasteiger partial charge in [0, 0.05) is 40.5 Å². The van der Waals surface area contributed by atoms with Gasteiger partial charge in [-0.2, -0.15) is 0 Å². The van der Waals surface area contributed by atoms with Crippen LogP contribution in [0.15, 0.2) is 36.4 Å². The summed E-state index contributed by atoms with van der Waals surface area (Å²) < 4.78 is 0. The van der Waals surface area contributed by atoms with E-state index in [2.05, 4.69) is 15.6 Å². The van der Waals surface area contributed by atoms with E-state index >= 15 is 0 Å². The second kappa shape index (κ2) is 6.91. The molecule has 3 aromatic rings. The molecule has 1 heterocycles. The largest absolute Gasteiger partial charge is 0.358 e. The number of hydrogen-bond acceptors (Lipinski definition) is 2. The van der Waals surface area contributed by atoms with Gasteiger partial charge in [0.1, 0.15) is 0 Å². The Labute approximate surface area is 158 Å². The van der Waals surface area contributed by atoms with Crippen LogP contribution < -0.4 is 10.6 Å². The van der Waals surface area contributed by atoms with Crippen LogP contribution in [-0.4, -0.2) is 16.8 Å². The number of aryl methyl sites for hydroxylation is 2. The molecule has 3 N–H and O–H groups in total. The number of anilines is 2. The van der Waals surface area contributed by atoms with Crippen molar-refractivity contribution < 1.29 is 9.59 Å². The molecule has 0 spiro atoms. The summed E-state index contributed by atoms with van der Waals surface area (Å²) in [6.45, 7) is 3.35. The van der Waals surface area contributed by atoms with Crippen LogP contribution in [0, 0.1) is 6.92 Å². The van der Waals surface area contributed by atoms with E-state index in [0.29, 0.717) is 16.9 Å². The zero-order valence-electron chi connectivity index (χ0n) is 15.6. The van der Waals surface area contributed by atoms with E-state index in [1.807, 2.05) is 43.3 Å². The van der Waals surface area contributed by atoms with Crippen molar-refractivity contribution in [1.82, 2.24) is 4.98 Å². The van der Waals surface area contributed by atoms with Crippen LogP contribution in [0.3, 0.4) is 0 Å². The van der Waals surface area contributed by atoms with Crippen molar-refractivity contribution in [3.63, 3.8) is 0 Å². The molecule has 1 aliphatic carbocycles. The number of carbonyl (C=O) groups excluding carboxylic acids is 2. The third-order valence-corrected chi connectivity index (χ3v) is 5.25. The molecule has 1 aromatic heterocycles. The molecule has 1 aliphatic rings. The topological polar surface area (TPSA) is 74.0 Å². The summed E-state index contributed by atoms with van der Waals surface area (Å²) in [7, 11) is 0. The van der Waals surface area contributed by atoms with Gasteiger partial charge in [0.2, 0.25) is 5.91 Å². The standard InChI is InChI=1S/C22H23N3O2/c1-13-18(23-14(2)26)8-5-9-19(13)25-22(27)15-10-11-21-17(12-15)16-6-3-4-7-20(16)24-21/h5,8-12,24H,3-4,6-7H2,1-2H3,(H,23,26)(H,25,27). The first-order valence-electron chi connectivity index (χ1n) is 9.35. The zero-order valence-corrected chi connectivity index (χ0v) is 15.6. The Hall–Kier alpha value is -3.08. The number of H-pyrrole nitrogens is 1. The molecule has 138 valence electrons. The van der Waals surface area contributed by atoms with Gasteiger partial charge in [-0.25, -0.2) is 0 Å². The molecule has 4 rings (SSSR count). The molecule has 0 saturated carbocycles. The second-order valence-electron chi connectivity index (χ2n) is 7.16. The minimum atomic E-state index is -0.147. The molecule has 0 bridgehead atoms. The number of benzene rings is 2. The molecule has 27 heavy (non-hydrogen) atoms. The number of rotatable bonds is 3. The molecule has 0 atom stereocenters. The van der Waals surface area contributed by atoms with Gasteiger partial charge in [0.05, 0.1) is 0 Å². The van der Waals surface area contributed by atoms with E-state index in [9.17, 15) is 9.59 Å². The predicted octanol–water partition coefficient (Wildman–Crippen LogP) is 4.57. The number of aromatic amines is 1. The lowest BCUT2D eigenvalue weighted by Crippen LogP contribution is -2.14. The molecule has 2 aromatic carbocycles. The fourth-order valence-electron chi connectivity index (χ4n) is 3.84. The average molecular weight is 361 g/mol. The highest BCUT2D eigenvalue weighted by atomic mass is 16.2. The first kappa shape index (κ1) is 17.3. The lowest BCUT2D eigenvalue weighted by Gasteiger charge is -2.13. The van der Waals surface area contributed by atoms with Crippen LogP contribution >= 0.6 is 0 Å². The minimum Gasteiger partial charge on any atom is -0.358 e. The van der Waals surface area contributed by atoms with E-state index in [-0.39, 0.29) is 11.8 Å². The maximum absolute atomic E-state index is 12.8. The highest BCUT2D eigenvalue weighted by Gasteiger charge is 2.17. The lowest BCUT2D eigenvalue weighted by molar-refractivity contribution is -0.114. The number of fused-ring (bicyclic) bond motifs is 3. The maximum Gasteiger partial charge on any atom is 0.255 e. The molecule has 5 heteroatoms. The monoisotopic (exact) mass is 361 g/mol. The van der Waals surface area contributed by atoms with Crippen LogP contribution in [0.5, 0.6) is 0 Å². The van der Waals surface area contributed by atoms with Crippen molar-refractivity contribution in [2.24, 2.45) is 0 Å². The van der Waals surface area contributed by atoms with Crippen molar-refractivity contribution >= 4 is 34.1 Å². The molecule has 0 fully saturated rings. The van der Waals surface area contributed by atoms with Gasteiger partial charge >= 0.3 is 0 Å². The fourth-order valence-corrected chi connectivity index (χ4v) is 3.84. The van der Waals surface area contributed by atoms with Crippen molar-refractivity contribution in [2.75, 3.05) is 10.6 Å². The van der Waals surface area contributed by atoms with Crippen LogP contribution in [0.1, 0.15) is 46.9 Å². The molecule has 0 unspecified atom stereocenters. The van der Waals surface area contributed by atoms with Crippen molar-refractivity contribution in [2.45, 2.75) is 39.5 Å². The zero-order chi connectivity index (χ0) is 19.0. The summed E-state index contributed by atoms with van der Waals surface area (Å²) >= 11 is 0. The van der Waals surface area contributed by atoms with E-state index < -0.39 is 0 Å². The van der Waals surface area contributed by atoms with Crippen LogP contribution in [0.4, 0.5) is 11.4 Å². The van der Waals surface area contributed by atoms with Crippen molar-refractivity contribution in [1.29, 1.82) is 0 Å². The van der Waals surface area contributed by atoms with Crippen LogP contribution in [0.25, 0.3) is 10.9 Å². The maximum atomic E-state index is 12.8. The predicted molar refractivity (Wildman–Crippen MR) is 108 cm³/mol.